The first-order valence-electron chi connectivity index (χ1n) is 5.91. The van der Waals surface area contributed by atoms with Crippen molar-refractivity contribution in [1.29, 1.82) is 0 Å². The molecule has 0 bridgehead atoms. The number of hydrogen-bond donors (Lipinski definition) is 1. The predicted octanol–water partition coefficient (Wildman–Crippen LogP) is 2.32. The Bertz CT molecular complexity index is 692. The SMILES string of the molecule is COc1csc(C(=O)c2ccc3c(c2)NC(=O)CO3)c1. The molecule has 20 heavy (non-hydrogen) atoms. The van der Waals surface area contributed by atoms with Gasteiger partial charge in [-0.1, -0.05) is 0 Å². The van der Waals surface area contributed by atoms with Gasteiger partial charge in [-0.15, -0.1) is 11.3 Å². The van der Waals surface area contributed by atoms with Crippen LogP contribution in [0.4, 0.5) is 5.69 Å². The second kappa shape index (κ2) is 4.97. The Balaban J connectivity index is 1.92. The van der Waals surface area contributed by atoms with Crippen molar-refractivity contribution in [2.75, 3.05) is 19.0 Å². The number of fused-ring (bicyclic) bond motifs is 1. The van der Waals surface area contributed by atoms with Crippen molar-refractivity contribution in [2.45, 2.75) is 0 Å². The molecule has 5 nitrogen and oxygen atoms in total. The van der Waals surface area contributed by atoms with Crippen LogP contribution in [0.25, 0.3) is 0 Å². The van der Waals surface area contributed by atoms with E-state index in [4.69, 9.17) is 9.47 Å². The van der Waals surface area contributed by atoms with Gasteiger partial charge in [0.1, 0.15) is 11.5 Å². The van der Waals surface area contributed by atoms with Gasteiger partial charge < -0.3 is 14.8 Å². The number of hydrogen-bond acceptors (Lipinski definition) is 5. The number of ether oxygens (including phenoxy) is 2. The van der Waals surface area contributed by atoms with Crippen LogP contribution in [0.5, 0.6) is 11.5 Å². The average molecular weight is 289 g/mol. The van der Waals surface area contributed by atoms with E-state index in [0.717, 1.165) is 0 Å². The van der Waals surface area contributed by atoms with E-state index in [-0.39, 0.29) is 18.3 Å². The number of carbonyl (C=O) groups is 2. The van der Waals surface area contributed by atoms with E-state index in [1.165, 1.54) is 11.3 Å². The second-order valence-electron chi connectivity index (χ2n) is 4.23. The van der Waals surface area contributed by atoms with Crippen molar-refractivity contribution in [1.82, 2.24) is 0 Å². The van der Waals surface area contributed by atoms with E-state index in [1.54, 1.807) is 36.8 Å². The minimum atomic E-state index is -0.222. The summed E-state index contributed by atoms with van der Waals surface area (Å²) in [5.74, 6) is 0.902. The maximum atomic E-state index is 12.3. The van der Waals surface area contributed by atoms with Crippen LogP contribution in [-0.4, -0.2) is 25.4 Å². The molecule has 1 aliphatic heterocycles. The maximum Gasteiger partial charge on any atom is 0.262 e. The Morgan fingerprint density at radius 2 is 2.25 bits per heavy atom. The van der Waals surface area contributed by atoms with Crippen LogP contribution in [0.2, 0.25) is 0 Å². The third kappa shape index (κ3) is 2.25. The van der Waals surface area contributed by atoms with Crippen LogP contribution in [0.15, 0.2) is 29.6 Å². The number of rotatable bonds is 3. The zero-order chi connectivity index (χ0) is 14.1. The lowest BCUT2D eigenvalue weighted by Gasteiger charge is -2.18. The highest BCUT2D eigenvalue weighted by Gasteiger charge is 2.19. The predicted molar refractivity (Wildman–Crippen MR) is 74.9 cm³/mol. The van der Waals surface area contributed by atoms with E-state index < -0.39 is 0 Å². The van der Waals surface area contributed by atoms with E-state index >= 15 is 0 Å². The monoisotopic (exact) mass is 289 g/mol. The molecule has 1 amide bonds. The van der Waals surface area contributed by atoms with Crippen LogP contribution < -0.4 is 14.8 Å². The van der Waals surface area contributed by atoms with Gasteiger partial charge in [-0.05, 0) is 18.2 Å². The van der Waals surface area contributed by atoms with Crippen molar-refractivity contribution in [3.05, 3.63) is 40.1 Å². The summed E-state index contributed by atoms with van der Waals surface area (Å²) in [5.41, 5.74) is 1.02. The van der Waals surface area contributed by atoms with Gasteiger partial charge in [0.25, 0.3) is 5.91 Å². The molecule has 1 aromatic carbocycles. The van der Waals surface area contributed by atoms with Crippen molar-refractivity contribution < 1.29 is 19.1 Å². The fourth-order valence-electron chi connectivity index (χ4n) is 1.91. The second-order valence-corrected chi connectivity index (χ2v) is 5.14. The molecule has 2 aromatic rings. The fourth-order valence-corrected chi connectivity index (χ4v) is 2.73. The number of ketones is 1. The van der Waals surface area contributed by atoms with Crippen molar-refractivity contribution in [3.8, 4) is 11.5 Å². The van der Waals surface area contributed by atoms with Crippen LogP contribution in [0, 0.1) is 0 Å². The molecule has 2 heterocycles. The Labute approximate surface area is 119 Å². The number of nitrogens with one attached hydrogen (secondary N) is 1. The van der Waals surface area contributed by atoms with Gasteiger partial charge in [-0.25, -0.2) is 0 Å². The molecule has 0 unspecified atom stereocenters. The summed E-state index contributed by atoms with van der Waals surface area (Å²) in [6.07, 6.45) is 0. The molecule has 0 aliphatic carbocycles. The standard InChI is InChI=1S/C14H11NO4S/c1-18-9-5-12(20-7-9)14(17)8-2-3-11-10(4-8)15-13(16)6-19-11/h2-5,7H,6H2,1H3,(H,15,16). The minimum absolute atomic E-state index is 0.00240. The van der Waals surface area contributed by atoms with Crippen molar-refractivity contribution in [3.63, 3.8) is 0 Å². The molecule has 0 saturated carbocycles. The summed E-state index contributed by atoms with van der Waals surface area (Å²) in [6.45, 7) is 0.00240. The number of benzene rings is 1. The summed E-state index contributed by atoms with van der Waals surface area (Å²) in [4.78, 5) is 24.2. The number of methoxy groups -OCH3 is 1. The molecular formula is C14H11NO4S. The average Bonchev–Trinajstić information content (AvgIpc) is 2.94. The number of carbonyl (C=O) groups excluding carboxylic acids is 2. The zero-order valence-electron chi connectivity index (χ0n) is 10.6. The van der Waals surface area contributed by atoms with E-state index in [0.29, 0.717) is 27.6 Å². The molecule has 0 spiro atoms. The first kappa shape index (κ1) is 12.7. The summed E-state index contributed by atoms with van der Waals surface area (Å²) in [7, 11) is 1.56. The van der Waals surface area contributed by atoms with Crippen molar-refractivity contribution in [2.24, 2.45) is 0 Å². The lowest BCUT2D eigenvalue weighted by Crippen LogP contribution is -2.25. The lowest BCUT2D eigenvalue weighted by atomic mass is 10.1. The van der Waals surface area contributed by atoms with Gasteiger partial charge in [0.15, 0.2) is 6.61 Å². The molecule has 1 aliphatic rings. The maximum absolute atomic E-state index is 12.3. The molecule has 102 valence electrons. The van der Waals surface area contributed by atoms with Gasteiger partial charge in [0.2, 0.25) is 5.78 Å². The molecule has 6 heteroatoms. The third-order valence-corrected chi connectivity index (χ3v) is 3.82. The summed E-state index contributed by atoms with van der Waals surface area (Å²) < 4.78 is 10.3. The first-order valence-corrected chi connectivity index (χ1v) is 6.79. The summed E-state index contributed by atoms with van der Waals surface area (Å²) in [6, 6.07) is 6.69. The molecule has 1 aromatic heterocycles. The zero-order valence-corrected chi connectivity index (χ0v) is 11.5. The summed E-state index contributed by atoms with van der Waals surface area (Å²) >= 11 is 1.32. The van der Waals surface area contributed by atoms with E-state index in [9.17, 15) is 9.59 Å². The molecule has 0 saturated heterocycles. The first-order chi connectivity index (χ1) is 9.67. The van der Waals surface area contributed by atoms with E-state index in [2.05, 4.69) is 5.32 Å². The summed E-state index contributed by atoms with van der Waals surface area (Å²) in [5, 5.41) is 4.46. The molecule has 3 rings (SSSR count). The smallest absolute Gasteiger partial charge is 0.262 e. The van der Waals surface area contributed by atoms with Gasteiger partial charge in [0.05, 0.1) is 17.7 Å². The van der Waals surface area contributed by atoms with E-state index in [1.807, 2.05) is 0 Å². The number of thiophene rings is 1. The van der Waals surface area contributed by atoms with Gasteiger partial charge in [-0.3, -0.25) is 9.59 Å². The Hall–Kier alpha value is -2.34. The lowest BCUT2D eigenvalue weighted by molar-refractivity contribution is -0.118. The van der Waals surface area contributed by atoms with Crippen LogP contribution >= 0.6 is 11.3 Å². The normalized spacial score (nSPS) is 13.2. The Morgan fingerprint density at radius 3 is 3.00 bits per heavy atom. The van der Waals surface area contributed by atoms with Crippen LogP contribution in [0.3, 0.4) is 0 Å². The van der Waals surface area contributed by atoms with Crippen LogP contribution in [0.1, 0.15) is 15.2 Å². The molecule has 1 N–H and O–H groups in total. The fraction of sp³-hybridized carbons (Fsp3) is 0.143. The molecular weight excluding hydrogens is 278 g/mol. The number of amides is 1. The molecule has 0 atom stereocenters. The largest absolute Gasteiger partial charge is 0.496 e. The Morgan fingerprint density at radius 1 is 1.40 bits per heavy atom. The van der Waals surface area contributed by atoms with Crippen LogP contribution in [-0.2, 0) is 4.79 Å². The molecule has 0 fully saturated rings. The van der Waals surface area contributed by atoms with Crippen molar-refractivity contribution >= 4 is 28.7 Å². The minimum Gasteiger partial charge on any atom is -0.496 e. The molecule has 0 radical (unpaired) electrons. The van der Waals surface area contributed by atoms with Gasteiger partial charge in [-0.2, -0.15) is 0 Å². The topological polar surface area (TPSA) is 64.6 Å². The highest BCUT2D eigenvalue weighted by molar-refractivity contribution is 7.12. The third-order valence-electron chi connectivity index (χ3n) is 2.91. The highest BCUT2D eigenvalue weighted by atomic mass is 32.1. The Kier molecular flexibility index (Phi) is 3.15. The van der Waals surface area contributed by atoms with Gasteiger partial charge in [0, 0.05) is 17.0 Å². The quantitative estimate of drug-likeness (QED) is 0.881. The number of anilines is 1. The van der Waals surface area contributed by atoms with Gasteiger partial charge >= 0.3 is 0 Å². The highest BCUT2D eigenvalue weighted by Crippen LogP contribution is 2.30.